The van der Waals surface area contributed by atoms with Crippen LogP contribution in [0, 0.1) is 13.8 Å². The highest BCUT2D eigenvalue weighted by molar-refractivity contribution is 6.43. The number of hydrogen-bond acceptors (Lipinski definition) is 4. The summed E-state index contributed by atoms with van der Waals surface area (Å²) in [5, 5.41) is 0. The van der Waals surface area contributed by atoms with Gasteiger partial charge in [-0.05, 0) is 61.9 Å². The zero-order valence-electron chi connectivity index (χ0n) is 17.3. The lowest BCUT2D eigenvalue weighted by Gasteiger charge is -2.29. The minimum atomic E-state index is -0.419. The molecule has 3 aromatic rings. The van der Waals surface area contributed by atoms with Crippen molar-refractivity contribution in [3.63, 3.8) is 0 Å². The number of aromatic amines is 1. The van der Waals surface area contributed by atoms with E-state index in [4.69, 9.17) is 9.47 Å². The average molecular weight is 402 g/mol. The molecule has 2 aromatic carbocycles. The van der Waals surface area contributed by atoms with Gasteiger partial charge in [0.1, 0.15) is 11.5 Å². The summed E-state index contributed by atoms with van der Waals surface area (Å²) in [5.74, 6) is 0.168. The largest absolute Gasteiger partial charge is 0.497 e. The molecule has 0 radical (unpaired) electrons. The quantitative estimate of drug-likeness (QED) is 0.519. The van der Waals surface area contributed by atoms with Crippen LogP contribution < -0.4 is 14.4 Å². The maximum absolute atomic E-state index is 13.6. The van der Waals surface area contributed by atoms with Crippen molar-refractivity contribution in [2.24, 2.45) is 0 Å². The van der Waals surface area contributed by atoms with Gasteiger partial charge in [0.25, 0.3) is 11.8 Å². The molecule has 30 heavy (non-hydrogen) atoms. The Kier molecular flexibility index (Phi) is 4.91. The number of aryl methyl sites for hydroxylation is 2. The molecule has 1 aliphatic rings. The lowest BCUT2D eigenvalue weighted by atomic mass is 9.91. The molecule has 6 nitrogen and oxygen atoms in total. The van der Waals surface area contributed by atoms with E-state index < -0.39 is 11.8 Å². The second kappa shape index (κ2) is 7.55. The van der Waals surface area contributed by atoms with Crippen LogP contribution in [0.5, 0.6) is 11.5 Å². The summed E-state index contributed by atoms with van der Waals surface area (Å²) < 4.78 is 10.7. The van der Waals surface area contributed by atoms with Gasteiger partial charge >= 0.3 is 0 Å². The van der Waals surface area contributed by atoms with E-state index in [0.29, 0.717) is 33.9 Å². The predicted octanol–water partition coefficient (Wildman–Crippen LogP) is 4.38. The first kappa shape index (κ1) is 19.5. The van der Waals surface area contributed by atoms with E-state index in [9.17, 15) is 9.59 Å². The first-order valence-corrected chi connectivity index (χ1v) is 9.52. The number of imide groups is 1. The van der Waals surface area contributed by atoms with Crippen LogP contribution in [0.1, 0.15) is 32.9 Å². The standard InChI is InChI=1S/C24H22N2O4/c1-14-11-16(15(2)25-14)12-19-18-10-9-17(29-3)13-20(18)24(28)26(23(19)27)21-7-5-6-8-22(21)30-4/h5-13,25H,1-4H3. The van der Waals surface area contributed by atoms with Crippen LogP contribution in [0.4, 0.5) is 5.69 Å². The van der Waals surface area contributed by atoms with Gasteiger partial charge in [-0.15, -0.1) is 0 Å². The van der Waals surface area contributed by atoms with Crippen LogP contribution in [0.15, 0.2) is 48.5 Å². The topological polar surface area (TPSA) is 71.6 Å². The number of para-hydroxylation sites is 2. The van der Waals surface area contributed by atoms with Crippen molar-refractivity contribution in [3.8, 4) is 11.5 Å². The number of carbonyl (C=O) groups excluding carboxylic acids is 2. The van der Waals surface area contributed by atoms with E-state index in [2.05, 4.69) is 4.98 Å². The Labute approximate surface area is 174 Å². The van der Waals surface area contributed by atoms with Crippen LogP contribution >= 0.6 is 0 Å². The second-order valence-electron chi connectivity index (χ2n) is 7.12. The first-order valence-electron chi connectivity index (χ1n) is 9.52. The Balaban J connectivity index is 1.96. The van der Waals surface area contributed by atoms with Crippen LogP contribution in [0.25, 0.3) is 11.6 Å². The average Bonchev–Trinajstić information content (AvgIpc) is 3.07. The molecule has 0 saturated carbocycles. The first-order chi connectivity index (χ1) is 14.4. The zero-order valence-corrected chi connectivity index (χ0v) is 17.3. The number of aromatic nitrogens is 1. The van der Waals surface area contributed by atoms with E-state index in [1.807, 2.05) is 26.0 Å². The third-order valence-corrected chi connectivity index (χ3v) is 5.20. The van der Waals surface area contributed by atoms with Crippen molar-refractivity contribution < 1.29 is 19.1 Å². The Bertz CT molecular complexity index is 1190. The van der Waals surface area contributed by atoms with Crippen molar-refractivity contribution in [3.05, 3.63) is 76.6 Å². The lowest BCUT2D eigenvalue weighted by molar-refractivity contribution is -0.112. The van der Waals surface area contributed by atoms with Crippen LogP contribution in [0.2, 0.25) is 0 Å². The summed E-state index contributed by atoms with van der Waals surface area (Å²) in [6, 6.07) is 14.1. The van der Waals surface area contributed by atoms with Crippen molar-refractivity contribution in [2.75, 3.05) is 19.1 Å². The molecule has 0 spiro atoms. The number of rotatable bonds is 4. The maximum Gasteiger partial charge on any atom is 0.266 e. The molecule has 1 aliphatic heterocycles. The number of nitrogens with one attached hydrogen (secondary N) is 1. The van der Waals surface area contributed by atoms with E-state index in [0.717, 1.165) is 17.0 Å². The Morgan fingerprint density at radius 1 is 0.900 bits per heavy atom. The fourth-order valence-corrected chi connectivity index (χ4v) is 3.73. The molecule has 1 aromatic heterocycles. The molecule has 0 unspecified atom stereocenters. The molecule has 2 amide bonds. The van der Waals surface area contributed by atoms with Gasteiger partial charge < -0.3 is 14.5 Å². The molecular weight excluding hydrogens is 380 g/mol. The summed E-state index contributed by atoms with van der Waals surface area (Å²) in [4.78, 5) is 31.4. The monoisotopic (exact) mass is 402 g/mol. The molecule has 2 heterocycles. The number of benzene rings is 2. The molecule has 0 fully saturated rings. The Morgan fingerprint density at radius 2 is 1.67 bits per heavy atom. The van der Waals surface area contributed by atoms with Crippen molar-refractivity contribution >= 4 is 29.2 Å². The number of H-pyrrole nitrogens is 1. The van der Waals surface area contributed by atoms with Crippen molar-refractivity contribution in [2.45, 2.75) is 13.8 Å². The predicted molar refractivity (Wildman–Crippen MR) is 116 cm³/mol. The highest BCUT2D eigenvalue weighted by atomic mass is 16.5. The van der Waals surface area contributed by atoms with E-state index >= 15 is 0 Å². The number of anilines is 1. The number of fused-ring (bicyclic) bond motifs is 1. The zero-order chi connectivity index (χ0) is 21.4. The van der Waals surface area contributed by atoms with Gasteiger partial charge in [0.15, 0.2) is 0 Å². The molecule has 152 valence electrons. The van der Waals surface area contributed by atoms with Gasteiger partial charge in [-0.3, -0.25) is 9.59 Å². The molecule has 1 N–H and O–H groups in total. The molecule has 0 atom stereocenters. The third kappa shape index (κ3) is 3.16. The molecule has 0 aliphatic carbocycles. The van der Waals surface area contributed by atoms with Crippen LogP contribution in [0.3, 0.4) is 0 Å². The number of methoxy groups -OCH3 is 2. The highest BCUT2D eigenvalue weighted by Crippen LogP contribution is 2.38. The minimum Gasteiger partial charge on any atom is -0.497 e. The van der Waals surface area contributed by atoms with Crippen LogP contribution in [-0.2, 0) is 4.79 Å². The number of hydrogen-bond donors (Lipinski definition) is 1. The Hall–Kier alpha value is -3.80. The summed E-state index contributed by atoms with van der Waals surface area (Å²) in [5.41, 5.74) is 4.65. The highest BCUT2D eigenvalue weighted by Gasteiger charge is 2.37. The Morgan fingerprint density at radius 3 is 2.33 bits per heavy atom. The van der Waals surface area contributed by atoms with Gasteiger partial charge in [0.2, 0.25) is 0 Å². The van der Waals surface area contributed by atoms with Gasteiger partial charge in [-0.1, -0.05) is 12.1 Å². The van der Waals surface area contributed by atoms with E-state index in [1.165, 1.54) is 12.0 Å². The van der Waals surface area contributed by atoms with Crippen molar-refractivity contribution in [1.82, 2.24) is 4.98 Å². The van der Waals surface area contributed by atoms with Gasteiger partial charge in [0, 0.05) is 22.5 Å². The summed E-state index contributed by atoms with van der Waals surface area (Å²) in [6.07, 6.45) is 1.82. The minimum absolute atomic E-state index is 0.399. The summed E-state index contributed by atoms with van der Waals surface area (Å²) in [6.45, 7) is 3.91. The summed E-state index contributed by atoms with van der Waals surface area (Å²) in [7, 11) is 3.05. The van der Waals surface area contributed by atoms with Gasteiger partial charge in [-0.2, -0.15) is 0 Å². The van der Waals surface area contributed by atoms with Gasteiger partial charge in [0.05, 0.1) is 25.5 Å². The molecular formula is C24H22N2O4. The number of carbonyl (C=O) groups is 2. The second-order valence-corrected chi connectivity index (χ2v) is 7.12. The van der Waals surface area contributed by atoms with Crippen LogP contribution in [-0.4, -0.2) is 31.0 Å². The van der Waals surface area contributed by atoms with Crippen molar-refractivity contribution in [1.29, 1.82) is 0 Å². The number of amides is 2. The fourth-order valence-electron chi connectivity index (χ4n) is 3.73. The normalized spacial score (nSPS) is 14.8. The number of ether oxygens (including phenoxy) is 2. The van der Waals surface area contributed by atoms with E-state index in [-0.39, 0.29) is 0 Å². The summed E-state index contributed by atoms with van der Waals surface area (Å²) >= 11 is 0. The SMILES string of the molecule is COc1ccc2c(c1)C(=O)N(c1ccccc1OC)C(=O)C2=Cc1cc(C)[nH]c1C. The number of nitrogens with zero attached hydrogens (tertiary/aromatic N) is 1. The maximum atomic E-state index is 13.6. The lowest BCUT2D eigenvalue weighted by Crippen LogP contribution is -2.42. The molecule has 4 rings (SSSR count). The third-order valence-electron chi connectivity index (χ3n) is 5.20. The van der Waals surface area contributed by atoms with Gasteiger partial charge in [-0.25, -0.2) is 4.90 Å². The molecule has 0 bridgehead atoms. The van der Waals surface area contributed by atoms with E-state index in [1.54, 1.807) is 49.6 Å². The smallest absolute Gasteiger partial charge is 0.266 e. The fraction of sp³-hybridized carbons (Fsp3) is 0.167. The molecule has 6 heteroatoms. The molecule has 0 saturated heterocycles.